The number of hydrogen-bond acceptors (Lipinski definition) is 4. The third kappa shape index (κ3) is 5.80. The first-order valence-corrected chi connectivity index (χ1v) is 7.51. The smallest absolute Gasteiger partial charge is 0.322 e. The van der Waals surface area contributed by atoms with Crippen LogP contribution in [0.2, 0.25) is 5.02 Å². The summed E-state index contributed by atoms with van der Waals surface area (Å²) in [5.41, 5.74) is 6.25. The van der Waals surface area contributed by atoms with E-state index in [1.807, 2.05) is 0 Å². The summed E-state index contributed by atoms with van der Waals surface area (Å²) in [6.45, 7) is 2.07. The van der Waals surface area contributed by atoms with E-state index in [4.69, 9.17) is 22.1 Å². The molecule has 0 bridgehead atoms. The number of carbonyl (C=O) groups is 1. The van der Waals surface area contributed by atoms with E-state index in [0.29, 0.717) is 35.1 Å². The van der Waals surface area contributed by atoms with Crippen LogP contribution in [0, 0.1) is 5.82 Å². The van der Waals surface area contributed by atoms with Crippen LogP contribution in [-0.4, -0.2) is 24.4 Å². The number of hydrogen-bond donors (Lipinski definition) is 1. The topological polar surface area (TPSA) is 52.3 Å². The van der Waals surface area contributed by atoms with Crippen molar-refractivity contribution < 1.29 is 13.9 Å². The molecule has 1 rings (SSSR count). The zero-order valence-corrected chi connectivity index (χ0v) is 12.3. The molecule has 1 aromatic carbocycles. The highest BCUT2D eigenvalue weighted by Gasteiger charge is 2.13. The molecule has 2 N–H and O–H groups in total. The van der Waals surface area contributed by atoms with E-state index < -0.39 is 6.04 Å². The van der Waals surface area contributed by atoms with Gasteiger partial charge in [0, 0.05) is 10.8 Å². The maximum absolute atomic E-state index is 13.5. The molecule has 6 heteroatoms. The van der Waals surface area contributed by atoms with Crippen LogP contribution in [0.25, 0.3) is 0 Å². The van der Waals surface area contributed by atoms with Gasteiger partial charge < -0.3 is 10.5 Å². The Morgan fingerprint density at radius 1 is 1.58 bits per heavy atom. The summed E-state index contributed by atoms with van der Waals surface area (Å²) >= 11 is 7.19. The molecule has 1 atom stereocenters. The van der Waals surface area contributed by atoms with Crippen LogP contribution in [0.4, 0.5) is 4.39 Å². The van der Waals surface area contributed by atoms with Crippen molar-refractivity contribution in [3.8, 4) is 0 Å². The summed E-state index contributed by atoms with van der Waals surface area (Å²) in [4.78, 5) is 11.3. The summed E-state index contributed by atoms with van der Waals surface area (Å²) in [5, 5.41) is 0.385. The zero-order valence-electron chi connectivity index (χ0n) is 10.7. The fraction of sp³-hybridized carbons (Fsp3) is 0.462. The highest BCUT2D eigenvalue weighted by Crippen LogP contribution is 2.20. The summed E-state index contributed by atoms with van der Waals surface area (Å²) in [5.74, 6) is 0.496. The van der Waals surface area contributed by atoms with Crippen molar-refractivity contribution in [1.82, 2.24) is 0 Å². The van der Waals surface area contributed by atoms with Gasteiger partial charge in [0.1, 0.15) is 11.9 Å². The van der Waals surface area contributed by atoms with Gasteiger partial charge in [-0.15, -0.1) is 0 Å². The molecule has 1 unspecified atom stereocenters. The van der Waals surface area contributed by atoms with Gasteiger partial charge in [-0.3, -0.25) is 4.79 Å². The molecule has 0 spiro atoms. The predicted molar refractivity (Wildman–Crippen MR) is 76.8 cm³/mol. The molecule has 0 amide bonds. The highest BCUT2D eigenvalue weighted by atomic mass is 35.5. The van der Waals surface area contributed by atoms with Crippen LogP contribution >= 0.6 is 23.4 Å². The standard InChI is InChI=1S/C13H17ClFNO2S/c1-2-18-13(17)12(16)5-6-19-8-9-3-4-10(14)7-11(9)15/h3-4,7,12H,2,5-6,8,16H2,1H3. The molecule has 1 aromatic rings. The fourth-order valence-corrected chi connectivity index (χ4v) is 2.58. The summed E-state index contributed by atoms with van der Waals surface area (Å²) in [7, 11) is 0. The van der Waals surface area contributed by atoms with Crippen LogP contribution in [0.3, 0.4) is 0 Å². The van der Waals surface area contributed by atoms with Crippen LogP contribution in [-0.2, 0) is 15.3 Å². The van der Waals surface area contributed by atoms with Gasteiger partial charge in [-0.05, 0) is 36.8 Å². The Hall–Kier alpha value is -0.780. The normalized spacial score (nSPS) is 12.2. The summed E-state index contributed by atoms with van der Waals surface area (Å²) in [6.07, 6.45) is 0.513. The van der Waals surface area contributed by atoms with Crippen LogP contribution < -0.4 is 5.73 Å². The van der Waals surface area contributed by atoms with Crippen molar-refractivity contribution in [2.24, 2.45) is 5.73 Å². The molecule has 0 radical (unpaired) electrons. The second-order valence-corrected chi connectivity index (χ2v) is 5.48. The van der Waals surface area contributed by atoms with Crippen molar-refractivity contribution in [1.29, 1.82) is 0 Å². The van der Waals surface area contributed by atoms with E-state index in [0.717, 1.165) is 0 Å². The molecule has 0 saturated carbocycles. The number of halogens is 2. The van der Waals surface area contributed by atoms with Crippen molar-refractivity contribution in [3.05, 3.63) is 34.6 Å². The Labute approximate surface area is 121 Å². The number of carbonyl (C=O) groups excluding carboxylic acids is 1. The van der Waals surface area contributed by atoms with Crippen LogP contribution in [0.15, 0.2) is 18.2 Å². The van der Waals surface area contributed by atoms with Crippen molar-refractivity contribution in [2.45, 2.75) is 25.1 Å². The molecule has 3 nitrogen and oxygen atoms in total. The van der Waals surface area contributed by atoms with Gasteiger partial charge in [-0.25, -0.2) is 4.39 Å². The van der Waals surface area contributed by atoms with E-state index in [9.17, 15) is 9.18 Å². The van der Waals surface area contributed by atoms with Gasteiger partial charge in [0.2, 0.25) is 0 Å². The molecule has 106 valence electrons. The van der Waals surface area contributed by atoms with E-state index in [1.165, 1.54) is 17.8 Å². The first kappa shape index (κ1) is 16.3. The number of ether oxygens (including phenoxy) is 1. The first-order valence-electron chi connectivity index (χ1n) is 5.98. The van der Waals surface area contributed by atoms with Crippen LogP contribution in [0.1, 0.15) is 18.9 Å². The average Bonchev–Trinajstić information content (AvgIpc) is 2.36. The molecule has 0 saturated heterocycles. The number of rotatable bonds is 7. The summed E-state index contributed by atoms with van der Waals surface area (Å²) < 4.78 is 18.3. The minimum Gasteiger partial charge on any atom is -0.465 e. The quantitative estimate of drug-likeness (QED) is 0.621. The lowest BCUT2D eigenvalue weighted by molar-refractivity contribution is -0.144. The Balaban J connectivity index is 2.29. The van der Waals surface area contributed by atoms with Crippen molar-refractivity contribution in [3.63, 3.8) is 0 Å². The third-order valence-corrected chi connectivity index (χ3v) is 3.71. The number of thioether (sulfide) groups is 1. The van der Waals surface area contributed by atoms with E-state index in [1.54, 1.807) is 19.1 Å². The SMILES string of the molecule is CCOC(=O)C(N)CCSCc1ccc(Cl)cc1F. The largest absolute Gasteiger partial charge is 0.465 e. The van der Waals surface area contributed by atoms with Gasteiger partial charge in [0.15, 0.2) is 0 Å². The van der Waals surface area contributed by atoms with Crippen molar-refractivity contribution >= 4 is 29.3 Å². The van der Waals surface area contributed by atoms with E-state index in [-0.39, 0.29) is 11.8 Å². The molecular weight excluding hydrogens is 289 g/mol. The third-order valence-electron chi connectivity index (χ3n) is 2.44. The second kappa shape index (κ2) is 8.40. The molecule has 0 aliphatic heterocycles. The summed E-state index contributed by atoms with van der Waals surface area (Å²) in [6, 6.07) is 4.00. The minimum atomic E-state index is -0.609. The minimum absolute atomic E-state index is 0.310. The van der Waals surface area contributed by atoms with Gasteiger partial charge in [0.05, 0.1) is 6.61 Å². The molecule has 0 aromatic heterocycles. The van der Waals surface area contributed by atoms with E-state index >= 15 is 0 Å². The number of nitrogens with two attached hydrogens (primary N) is 1. The number of esters is 1. The maximum atomic E-state index is 13.5. The Morgan fingerprint density at radius 2 is 2.32 bits per heavy atom. The lowest BCUT2D eigenvalue weighted by atomic mass is 10.2. The number of benzene rings is 1. The van der Waals surface area contributed by atoms with Crippen molar-refractivity contribution in [2.75, 3.05) is 12.4 Å². The molecule has 0 fully saturated rings. The highest BCUT2D eigenvalue weighted by molar-refractivity contribution is 7.98. The van der Waals surface area contributed by atoms with Gasteiger partial charge >= 0.3 is 5.97 Å². The first-order chi connectivity index (χ1) is 9.04. The Bertz CT molecular complexity index is 431. The molecule has 0 aliphatic rings. The molecule has 0 heterocycles. The molecule has 19 heavy (non-hydrogen) atoms. The van der Waals surface area contributed by atoms with Gasteiger partial charge in [-0.2, -0.15) is 11.8 Å². The van der Waals surface area contributed by atoms with Crippen LogP contribution in [0.5, 0.6) is 0 Å². The average molecular weight is 306 g/mol. The zero-order chi connectivity index (χ0) is 14.3. The van der Waals surface area contributed by atoms with Gasteiger partial charge in [-0.1, -0.05) is 17.7 Å². The molecular formula is C13H17ClFNO2S. The monoisotopic (exact) mass is 305 g/mol. The van der Waals surface area contributed by atoms with E-state index in [2.05, 4.69) is 0 Å². The fourth-order valence-electron chi connectivity index (χ4n) is 1.40. The second-order valence-electron chi connectivity index (χ2n) is 3.94. The maximum Gasteiger partial charge on any atom is 0.322 e. The lowest BCUT2D eigenvalue weighted by Gasteiger charge is -2.10. The van der Waals surface area contributed by atoms with Gasteiger partial charge in [0.25, 0.3) is 0 Å². The molecule has 0 aliphatic carbocycles. The Morgan fingerprint density at radius 3 is 2.95 bits per heavy atom. The predicted octanol–water partition coefficient (Wildman–Crippen LogP) is 2.99. The lowest BCUT2D eigenvalue weighted by Crippen LogP contribution is -2.32. The Kier molecular flexibility index (Phi) is 7.20.